The van der Waals surface area contributed by atoms with Gasteiger partial charge in [0, 0.05) is 49.5 Å². The number of piperazine rings is 1. The lowest BCUT2D eigenvalue weighted by Crippen LogP contribution is -2.47. The van der Waals surface area contributed by atoms with Crippen molar-refractivity contribution < 1.29 is 0 Å². The molecular weight excluding hydrogens is 284 g/mol. The second kappa shape index (κ2) is 5.84. The van der Waals surface area contributed by atoms with Gasteiger partial charge in [-0.25, -0.2) is 9.97 Å². The van der Waals surface area contributed by atoms with E-state index >= 15 is 0 Å². The maximum absolute atomic E-state index is 4.83. The van der Waals surface area contributed by atoms with E-state index in [1.54, 1.807) is 0 Å². The summed E-state index contributed by atoms with van der Waals surface area (Å²) in [7, 11) is 0. The van der Waals surface area contributed by atoms with E-state index in [0.29, 0.717) is 5.92 Å². The van der Waals surface area contributed by atoms with Gasteiger partial charge >= 0.3 is 0 Å². The number of aromatic nitrogens is 2. The van der Waals surface area contributed by atoms with Crippen LogP contribution in [0.3, 0.4) is 0 Å². The third-order valence-electron chi connectivity index (χ3n) is 4.77. The summed E-state index contributed by atoms with van der Waals surface area (Å²) in [6.07, 6.45) is 2.51. The van der Waals surface area contributed by atoms with Crippen molar-refractivity contribution in [2.75, 3.05) is 36.0 Å². The van der Waals surface area contributed by atoms with Crippen molar-refractivity contribution in [2.45, 2.75) is 32.6 Å². The molecule has 1 aliphatic carbocycles. The van der Waals surface area contributed by atoms with E-state index in [-0.39, 0.29) is 0 Å². The maximum Gasteiger partial charge on any atom is 0.134 e. The monoisotopic (exact) mass is 308 g/mol. The molecule has 0 spiro atoms. The normalized spacial score (nSPS) is 18.3. The Hall–Kier alpha value is -2.10. The predicted molar refractivity (Wildman–Crippen MR) is 94.3 cm³/mol. The van der Waals surface area contributed by atoms with Gasteiger partial charge in [0.15, 0.2) is 0 Å². The molecule has 4 nitrogen and oxygen atoms in total. The fourth-order valence-corrected chi connectivity index (χ4v) is 3.28. The molecule has 1 aromatic carbocycles. The Morgan fingerprint density at radius 3 is 2.35 bits per heavy atom. The molecule has 1 saturated heterocycles. The third-order valence-corrected chi connectivity index (χ3v) is 4.77. The number of rotatable bonds is 3. The Labute approximate surface area is 138 Å². The van der Waals surface area contributed by atoms with Gasteiger partial charge in [-0.1, -0.05) is 12.1 Å². The third kappa shape index (κ3) is 3.16. The average molecular weight is 308 g/mol. The van der Waals surface area contributed by atoms with E-state index < -0.39 is 0 Å². The van der Waals surface area contributed by atoms with Gasteiger partial charge < -0.3 is 9.80 Å². The number of nitrogens with zero attached hydrogens (tertiary/aromatic N) is 4. The van der Waals surface area contributed by atoms with Crippen LogP contribution >= 0.6 is 0 Å². The molecule has 0 radical (unpaired) electrons. The van der Waals surface area contributed by atoms with Crippen molar-refractivity contribution in [1.29, 1.82) is 0 Å². The largest absolute Gasteiger partial charge is 0.368 e. The molecule has 2 aromatic rings. The molecule has 120 valence electrons. The molecule has 4 rings (SSSR count). The van der Waals surface area contributed by atoms with Crippen LogP contribution in [-0.4, -0.2) is 36.1 Å². The van der Waals surface area contributed by atoms with E-state index in [1.165, 1.54) is 24.1 Å². The highest BCUT2D eigenvalue weighted by Gasteiger charge is 2.28. The fourth-order valence-electron chi connectivity index (χ4n) is 3.28. The number of hydrogen-bond acceptors (Lipinski definition) is 4. The summed E-state index contributed by atoms with van der Waals surface area (Å²) in [6, 6.07) is 10.9. The summed E-state index contributed by atoms with van der Waals surface area (Å²) in [6.45, 7) is 8.38. The Kier molecular flexibility index (Phi) is 3.68. The zero-order valence-corrected chi connectivity index (χ0v) is 14.0. The summed E-state index contributed by atoms with van der Waals surface area (Å²) in [4.78, 5) is 14.3. The lowest BCUT2D eigenvalue weighted by atomic mass is 10.2. The second-order valence-corrected chi connectivity index (χ2v) is 6.81. The predicted octanol–water partition coefficient (Wildman–Crippen LogP) is 3.30. The second-order valence-electron chi connectivity index (χ2n) is 6.81. The van der Waals surface area contributed by atoms with E-state index in [4.69, 9.17) is 4.98 Å². The highest BCUT2D eigenvalue weighted by molar-refractivity contribution is 5.51. The van der Waals surface area contributed by atoms with Crippen molar-refractivity contribution in [3.63, 3.8) is 0 Å². The minimum absolute atomic E-state index is 0.613. The van der Waals surface area contributed by atoms with Crippen LogP contribution in [-0.2, 0) is 0 Å². The molecule has 0 atom stereocenters. The summed E-state index contributed by atoms with van der Waals surface area (Å²) in [5, 5.41) is 0. The molecule has 4 heteroatoms. The highest BCUT2D eigenvalue weighted by Crippen LogP contribution is 2.38. The lowest BCUT2D eigenvalue weighted by Gasteiger charge is -2.37. The summed E-state index contributed by atoms with van der Waals surface area (Å²) in [5.41, 5.74) is 3.76. The highest BCUT2D eigenvalue weighted by atomic mass is 15.3. The van der Waals surface area contributed by atoms with Crippen molar-refractivity contribution in [1.82, 2.24) is 9.97 Å². The average Bonchev–Trinajstić information content (AvgIpc) is 3.39. The molecule has 0 unspecified atom stereocenters. The van der Waals surface area contributed by atoms with Crippen LogP contribution in [0.5, 0.6) is 0 Å². The number of anilines is 2. The summed E-state index contributed by atoms with van der Waals surface area (Å²) in [5.74, 6) is 2.78. The van der Waals surface area contributed by atoms with Crippen LogP contribution in [0.4, 0.5) is 11.5 Å². The number of benzene rings is 1. The quantitative estimate of drug-likeness (QED) is 0.871. The molecule has 23 heavy (non-hydrogen) atoms. The first-order valence-corrected chi connectivity index (χ1v) is 8.61. The Balaban J connectivity index is 1.47. The van der Waals surface area contributed by atoms with Crippen LogP contribution in [0.15, 0.2) is 30.3 Å². The van der Waals surface area contributed by atoms with Gasteiger partial charge in [-0.3, -0.25) is 0 Å². The molecule has 0 amide bonds. The molecule has 2 fully saturated rings. The van der Waals surface area contributed by atoms with Crippen LogP contribution in [0.1, 0.15) is 35.8 Å². The lowest BCUT2D eigenvalue weighted by molar-refractivity contribution is 0.644. The smallest absolute Gasteiger partial charge is 0.134 e. The van der Waals surface area contributed by atoms with Gasteiger partial charge in [0.2, 0.25) is 0 Å². The van der Waals surface area contributed by atoms with Crippen LogP contribution in [0.25, 0.3) is 0 Å². The van der Waals surface area contributed by atoms with Gasteiger partial charge in [0.25, 0.3) is 0 Å². The zero-order chi connectivity index (χ0) is 15.8. The first kappa shape index (κ1) is 14.5. The first-order valence-electron chi connectivity index (χ1n) is 8.61. The van der Waals surface area contributed by atoms with Gasteiger partial charge in [-0.05, 0) is 44.4 Å². The Morgan fingerprint density at radius 1 is 0.913 bits per heavy atom. The SMILES string of the molecule is Cc1cccc(N2CCN(c3cc(C)nc(C4CC4)n3)CC2)c1. The molecule has 1 aliphatic heterocycles. The number of aryl methyl sites for hydroxylation is 2. The minimum Gasteiger partial charge on any atom is -0.368 e. The zero-order valence-electron chi connectivity index (χ0n) is 14.0. The van der Waals surface area contributed by atoms with Crippen molar-refractivity contribution in [3.8, 4) is 0 Å². The first-order chi connectivity index (χ1) is 11.2. The summed E-state index contributed by atoms with van der Waals surface area (Å²) < 4.78 is 0. The van der Waals surface area contributed by atoms with Crippen LogP contribution < -0.4 is 9.80 Å². The van der Waals surface area contributed by atoms with Gasteiger partial charge in [-0.15, -0.1) is 0 Å². The molecule has 0 bridgehead atoms. The Bertz CT molecular complexity index is 700. The minimum atomic E-state index is 0.613. The van der Waals surface area contributed by atoms with Crippen molar-refractivity contribution in [2.24, 2.45) is 0 Å². The van der Waals surface area contributed by atoms with Crippen LogP contribution in [0.2, 0.25) is 0 Å². The standard InChI is InChI=1S/C19H24N4/c1-14-4-3-5-17(12-14)22-8-10-23(11-9-22)18-13-15(2)20-19(21-18)16-6-7-16/h3-5,12-13,16H,6-11H2,1-2H3. The number of hydrogen-bond donors (Lipinski definition) is 0. The summed E-state index contributed by atoms with van der Waals surface area (Å²) >= 11 is 0. The van der Waals surface area contributed by atoms with E-state index in [1.807, 2.05) is 0 Å². The Morgan fingerprint density at radius 2 is 1.65 bits per heavy atom. The van der Waals surface area contributed by atoms with E-state index in [0.717, 1.165) is 43.5 Å². The van der Waals surface area contributed by atoms with E-state index in [9.17, 15) is 0 Å². The van der Waals surface area contributed by atoms with E-state index in [2.05, 4.69) is 59.0 Å². The fraction of sp³-hybridized carbons (Fsp3) is 0.474. The molecule has 0 N–H and O–H groups in total. The molecule has 2 heterocycles. The molecule has 1 saturated carbocycles. The molecule has 2 aliphatic rings. The van der Waals surface area contributed by atoms with Gasteiger partial charge in [-0.2, -0.15) is 0 Å². The van der Waals surface area contributed by atoms with Crippen LogP contribution in [0, 0.1) is 13.8 Å². The molecular formula is C19H24N4. The van der Waals surface area contributed by atoms with Gasteiger partial charge in [0.1, 0.15) is 11.6 Å². The van der Waals surface area contributed by atoms with Crippen molar-refractivity contribution in [3.05, 3.63) is 47.4 Å². The maximum atomic E-state index is 4.83. The van der Waals surface area contributed by atoms with Gasteiger partial charge in [0.05, 0.1) is 0 Å². The topological polar surface area (TPSA) is 32.3 Å². The van der Waals surface area contributed by atoms with Crippen molar-refractivity contribution >= 4 is 11.5 Å². The molecule has 1 aromatic heterocycles.